The molecule has 0 unspecified atom stereocenters. The zero-order valence-corrected chi connectivity index (χ0v) is 20.3. The van der Waals surface area contributed by atoms with Crippen LogP contribution in [0.5, 0.6) is 23.0 Å². The first kappa shape index (κ1) is 24.5. The number of fused-ring (bicyclic) bond motifs is 1. The third kappa shape index (κ3) is 5.89. The molecule has 2 aromatic carbocycles. The number of hydrogen-bond acceptors (Lipinski definition) is 8. The van der Waals surface area contributed by atoms with Gasteiger partial charge in [0.15, 0.2) is 23.0 Å². The van der Waals surface area contributed by atoms with Crippen molar-refractivity contribution in [3.63, 3.8) is 0 Å². The van der Waals surface area contributed by atoms with Crippen LogP contribution in [-0.4, -0.2) is 54.9 Å². The number of ether oxygens (including phenoxy) is 4. The van der Waals surface area contributed by atoms with Crippen LogP contribution in [0.25, 0.3) is 6.08 Å². The highest BCUT2D eigenvalue weighted by Gasteiger charge is 2.36. The van der Waals surface area contributed by atoms with E-state index in [9.17, 15) is 14.4 Å². The lowest BCUT2D eigenvalue weighted by Crippen LogP contribution is -2.36. The van der Waals surface area contributed by atoms with Crippen molar-refractivity contribution in [2.75, 3.05) is 38.3 Å². The van der Waals surface area contributed by atoms with Gasteiger partial charge in [-0.15, -0.1) is 0 Å². The third-order valence-corrected chi connectivity index (χ3v) is 5.94. The van der Waals surface area contributed by atoms with Gasteiger partial charge in [-0.3, -0.25) is 19.3 Å². The Balaban J connectivity index is 1.43. The average Bonchev–Trinajstić information content (AvgIpc) is 3.11. The molecule has 2 heterocycles. The maximum atomic E-state index is 12.9. The fourth-order valence-electron chi connectivity index (χ4n) is 3.47. The molecule has 0 aromatic heterocycles. The summed E-state index contributed by atoms with van der Waals surface area (Å²) in [7, 11) is 0. The number of imide groups is 1. The molecule has 35 heavy (non-hydrogen) atoms. The van der Waals surface area contributed by atoms with Crippen LogP contribution in [0, 0.1) is 0 Å². The molecule has 1 saturated heterocycles. The van der Waals surface area contributed by atoms with Crippen LogP contribution in [-0.2, 0) is 9.59 Å². The molecule has 0 radical (unpaired) electrons. The molecule has 0 atom stereocenters. The van der Waals surface area contributed by atoms with E-state index in [4.69, 9.17) is 18.9 Å². The highest BCUT2D eigenvalue weighted by atomic mass is 32.2. The summed E-state index contributed by atoms with van der Waals surface area (Å²) < 4.78 is 22.3. The lowest BCUT2D eigenvalue weighted by atomic mass is 10.2. The first-order valence-corrected chi connectivity index (χ1v) is 12.1. The van der Waals surface area contributed by atoms with Gasteiger partial charge in [-0.2, -0.15) is 0 Å². The van der Waals surface area contributed by atoms with Gasteiger partial charge < -0.3 is 24.3 Å². The van der Waals surface area contributed by atoms with Gasteiger partial charge in [-0.25, -0.2) is 0 Å². The molecule has 0 bridgehead atoms. The summed E-state index contributed by atoms with van der Waals surface area (Å²) in [5, 5.41) is 2.18. The number of anilines is 1. The quantitative estimate of drug-likeness (QED) is 0.510. The molecule has 2 aliphatic rings. The largest absolute Gasteiger partial charge is 0.490 e. The van der Waals surface area contributed by atoms with Gasteiger partial charge in [0.25, 0.3) is 11.1 Å². The monoisotopic (exact) mass is 498 g/mol. The Bertz CT molecular complexity index is 1160. The van der Waals surface area contributed by atoms with Crippen LogP contribution in [0.4, 0.5) is 10.5 Å². The maximum Gasteiger partial charge on any atom is 0.294 e. The molecule has 3 amide bonds. The van der Waals surface area contributed by atoms with Crippen LogP contribution in [0.1, 0.15) is 25.8 Å². The van der Waals surface area contributed by atoms with Crippen molar-refractivity contribution in [3.8, 4) is 23.0 Å². The Morgan fingerprint density at radius 1 is 1.06 bits per heavy atom. The number of thioether (sulfide) groups is 1. The molecule has 9 nitrogen and oxygen atoms in total. The normalized spacial score (nSPS) is 15.9. The number of hydrogen-bond donors (Lipinski definition) is 1. The molecular weight excluding hydrogens is 472 g/mol. The first-order valence-electron chi connectivity index (χ1n) is 11.3. The van der Waals surface area contributed by atoms with Crippen molar-refractivity contribution in [2.24, 2.45) is 0 Å². The van der Waals surface area contributed by atoms with Crippen LogP contribution in [0.15, 0.2) is 41.3 Å². The number of amides is 3. The molecule has 2 aliphatic heterocycles. The van der Waals surface area contributed by atoms with E-state index < -0.39 is 23.6 Å². The van der Waals surface area contributed by atoms with Crippen molar-refractivity contribution in [1.29, 1.82) is 0 Å². The van der Waals surface area contributed by atoms with E-state index >= 15 is 0 Å². The number of carbonyl (C=O) groups excluding carboxylic acids is 3. The number of nitrogens with zero attached hydrogens (tertiary/aromatic N) is 1. The van der Waals surface area contributed by atoms with Gasteiger partial charge in [0.2, 0.25) is 5.91 Å². The molecule has 0 aliphatic carbocycles. The van der Waals surface area contributed by atoms with Crippen LogP contribution < -0.4 is 24.3 Å². The lowest BCUT2D eigenvalue weighted by molar-refractivity contribution is -0.127. The number of carbonyl (C=O) groups is 3. The predicted molar refractivity (Wildman–Crippen MR) is 132 cm³/mol. The highest BCUT2D eigenvalue weighted by Crippen LogP contribution is 2.35. The SMILES string of the molecule is CCCOc1ccc(/C=C2\SC(=O)N(CC(=O)Nc3ccc4c(c3)OCCO4)C2=O)cc1OCC. The highest BCUT2D eigenvalue weighted by molar-refractivity contribution is 8.18. The minimum Gasteiger partial charge on any atom is -0.490 e. The van der Waals surface area contributed by atoms with Crippen molar-refractivity contribution >= 4 is 40.6 Å². The molecular formula is C25H26N2O7S. The summed E-state index contributed by atoms with van der Waals surface area (Å²) in [6.07, 6.45) is 2.47. The van der Waals surface area contributed by atoms with E-state index in [1.807, 2.05) is 13.8 Å². The Morgan fingerprint density at radius 2 is 1.86 bits per heavy atom. The zero-order valence-electron chi connectivity index (χ0n) is 19.5. The molecule has 0 saturated carbocycles. The lowest BCUT2D eigenvalue weighted by Gasteiger charge is -2.19. The Hall–Kier alpha value is -3.66. The second-order valence-electron chi connectivity index (χ2n) is 7.66. The summed E-state index contributed by atoms with van der Waals surface area (Å²) in [5.74, 6) is 1.29. The topological polar surface area (TPSA) is 103 Å². The van der Waals surface area contributed by atoms with Gasteiger partial charge in [0.1, 0.15) is 19.8 Å². The van der Waals surface area contributed by atoms with E-state index in [2.05, 4.69) is 5.32 Å². The van der Waals surface area contributed by atoms with Gasteiger partial charge in [0.05, 0.1) is 18.1 Å². The maximum absolute atomic E-state index is 12.9. The summed E-state index contributed by atoms with van der Waals surface area (Å²) in [6.45, 7) is 5.40. The summed E-state index contributed by atoms with van der Waals surface area (Å²) >= 11 is 0.791. The molecule has 2 aromatic rings. The number of benzene rings is 2. The van der Waals surface area contributed by atoms with Gasteiger partial charge in [-0.05, 0) is 61.0 Å². The van der Waals surface area contributed by atoms with Gasteiger partial charge in [0, 0.05) is 11.8 Å². The predicted octanol–water partition coefficient (Wildman–Crippen LogP) is 4.32. The van der Waals surface area contributed by atoms with Crippen LogP contribution >= 0.6 is 11.8 Å². The van der Waals surface area contributed by atoms with E-state index in [1.165, 1.54) is 0 Å². The van der Waals surface area contributed by atoms with Crippen molar-refractivity contribution in [3.05, 3.63) is 46.9 Å². The van der Waals surface area contributed by atoms with Crippen LogP contribution in [0.3, 0.4) is 0 Å². The van der Waals surface area contributed by atoms with E-state index in [-0.39, 0.29) is 4.91 Å². The average molecular weight is 499 g/mol. The molecule has 10 heteroatoms. The summed E-state index contributed by atoms with van der Waals surface area (Å²) in [4.78, 5) is 39.0. The van der Waals surface area contributed by atoms with Crippen molar-refractivity contribution in [2.45, 2.75) is 20.3 Å². The second kappa shape index (κ2) is 11.2. The van der Waals surface area contributed by atoms with Crippen molar-refractivity contribution < 1.29 is 33.3 Å². The minimum absolute atomic E-state index is 0.229. The fraction of sp³-hybridized carbons (Fsp3) is 0.320. The van der Waals surface area contributed by atoms with Crippen LogP contribution in [0.2, 0.25) is 0 Å². The Labute approximate surface area is 207 Å². The first-order chi connectivity index (χ1) is 17.0. The Kier molecular flexibility index (Phi) is 7.81. The Morgan fingerprint density at radius 3 is 2.63 bits per heavy atom. The summed E-state index contributed by atoms with van der Waals surface area (Å²) in [6, 6.07) is 10.3. The van der Waals surface area contributed by atoms with E-state index in [0.717, 1.165) is 23.1 Å². The minimum atomic E-state index is -0.526. The third-order valence-electron chi connectivity index (χ3n) is 5.03. The summed E-state index contributed by atoms with van der Waals surface area (Å²) in [5.41, 5.74) is 1.17. The molecule has 184 valence electrons. The van der Waals surface area contributed by atoms with Gasteiger partial charge in [-0.1, -0.05) is 13.0 Å². The number of rotatable bonds is 9. The zero-order chi connectivity index (χ0) is 24.8. The number of nitrogens with one attached hydrogen (secondary N) is 1. The standard InChI is InChI=1S/C25H26N2O7S/c1-3-9-32-18-7-5-16(12-20(18)31-4-2)13-22-24(29)27(25(30)35-22)15-23(28)26-17-6-8-19-21(14-17)34-11-10-33-19/h5-8,12-14H,3-4,9-11,15H2,1-2H3,(H,26,28)/b22-13-. The smallest absolute Gasteiger partial charge is 0.294 e. The van der Waals surface area contributed by atoms with E-state index in [0.29, 0.717) is 60.7 Å². The van der Waals surface area contributed by atoms with E-state index in [1.54, 1.807) is 42.5 Å². The molecule has 0 spiro atoms. The fourth-order valence-corrected chi connectivity index (χ4v) is 4.31. The van der Waals surface area contributed by atoms with Crippen molar-refractivity contribution in [1.82, 2.24) is 4.90 Å². The molecule has 1 N–H and O–H groups in total. The molecule has 1 fully saturated rings. The molecule has 4 rings (SSSR count). The van der Waals surface area contributed by atoms with Gasteiger partial charge >= 0.3 is 0 Å². The second-order valence-corrected chi connectivity index (χ2v) is 8.66.